The number of amides is 1. The number of rotatable bonds is 7. The van der Waals surface area contributed by atoms with E-state index in [0.717, 1.165) is 6.26 Å². The predicted octanol–water partition coefficient (Wildman–Crippen LogP) is -1.04. The standard InChI is InChI=1S/C10H15N3O5S/c1-19(17,18)5-3-8(10(15)16)12-9(14)6-7-2-4-11-13-7/h2,4,8H,3,5-6H2,1H3,(H,11,13)(H,12,14)(H,15,16). The molecule has 0 aromatic carbocycles. The molecule has 0 aliphatic carbocycles. The Morgan fingerprint density at radius 1 is 1.53 bits per heavy atom. The third kappa shape index (κ3) is 6.00. The van der Waals surface area contributed by atoms with Gasteiger partial charge in [-0.1, -0.05) is 0 Å². The lowest BCUT2D eigenvalue weighted by atomic mass is 10.2. The van der Waals surface area contributed by atoms with Gasteiger partial charge in [0, 0.05) is 18.1 Å². The molecule has 0 saturated heterocycles. The second-order valence-electron chi connectivity index (χ2n) is 4.14. The second kappa shape index (κ2) is 6.32. The van der Waals surface area contributed by atoms with E-state index in [4.69, 9.17) is 5.11 Å². The summed E-state index contributed by atoms with van der Waals surface area (Å²) >= 11 is 0. The summed E-state index contributed by atoms with van der Waals surface area (Å²) in [5.74, 6) is -2.07. The van der Waals surface area contributed by atoms with E-state index in [-0.39, 0.29) is 18.6 Å². The molecule has 9 heteroatoms. The molecule has 19 heavy (non-hydrogen) atoms. The van der Waals surface area contributed by atoms with Crippen LogP contribution in [0.2, 0.25) is 0 Å². The highest BCUT2D eigenvalue weighted by Gasteiger charge is 2.21. The number of aromatic amines is 1. The van der Waals surface area contributed by atoms with Gasteiger partial charge in [0.1, 0.15) is 15.9 Å². The molecule has 0 aliphatic rings. The topological polar surface area (TPSA) is 129 Å². The summed E-state index contributed by atoms with van der Waals surface area (Å²) in [5.41, 5.74) is 0.546. The Bertz CT molecular complexity index is 538. The minimum absolute atomic E-state index is 0.0390. The van der Waals surface area contributed by atoms with Crippen molar-refractivity contribution in [1.82, 2.24) is 15.5 Å². The Labute approximate surface area is 110 Å². The SMILES string of the molecule is CS(=O)(=O)CCC(NC(=O)Cc1ccn[nH]1)C(=O)O. The number of nitrogens with zero attached hydrogens (tertiary/aromatic N) is 1. The van der Waals surface area contributed by atoms with Crippen LogP contribution in [0, 0.1) is 0 Å². The smallest absolute Gasteiger partial charge is 0.326 e. The molecule has 1 aromatic rings. The minimum atomic E-state index is -3.27. The summed E-state index contributed by atoms with van der Waals surface area (Å²) in [4.78, 5) is 22.5. The van der Waals surface area contributed by atoms with Gasteiger partial charge in [0.25, 0.3) is 0 Å². The number of hydrogen-bond donors (Lipinski definition) is 3. The van der Waals surface area contributed by atoms with Gasteiger partial charge in [-0.15, -0.1) is 0 Å². The molecular weight excluding hydrogens is 274 g/mol. The second-order valence-corrected chi connectivity index (χ2v) is 6.40. The van der Waals surface area contributed by atoms with Gasteiger partial charge < -0.3 is 10.4 Å². The minimum Gasteiger partial charge on any atom is -0.480 e. The maximum atomic E-state index is 11.6. The third-order valence-corrected chi connectivity index (χ3v) is 3.30. The molecule has 0 aliphatic heterocycles. The molecule has 1 heterocycles. The largest absolute Gasteiger partial charge is 0.480 e. The van der Waals surface area contributed by atoms with Gasteiger partial charge in [0.05, 0.1) is 12.2 Å². The molecule has 8 nitrogen and oxygen atoms in total. The molecule has 0 radical (unpaired) electrons. The molecule has 106 valence electrons. The average molecular weight is 289 g/mol. The highest BCUT2D eigenvalue weighted by Crippen LogP contribution is 1.99. The van der Waals surface area contributed by atoms with Gasteiger partial charge in [0.2, 0.25) is 5.91 Å². The van der Waals surface area contributed by atoms with Crippen molar-refractivity contribution in [3.63, 3.8) is 0 Å². The zero-order valence-corrected chi connectivity index (χ0v) is 11.1. The molecule has 1 amide bonds. The van der Waals surface area contributed by atoms with E-state index in [1.54, 1.807) is 6.07 Å². The number of carboxylic acids is 1. The molecule has 0 bridgehead atoms. The Kier molecular flexibility index (Phi) is 5.04. The van der Waals surface area contributed by atoms with Gasteiger partial charge in [-0.2, -0.15) is 5.10 Å². The Morgan fingerprint density at radius 3 is 2.68 bits per heavy atom. The number of nitrogens with one attached hydrogen (secondary N) is 2. The van der Waals surface area contributed by atoms with Crippen molar-refractivity contribution < 1.29 is 23.1 Å². The highest BCUT2D eigenvalue weighted by molar-refractivity contribution is 7.90. The van der Waals surface area contributed by atoms with Crippen molar-refractivity contribution >= 4 is 21.7 Å². The predicted molar refractivity (Wildman–Crippen MR) is 66.2 cm³/mol. The fourth-order valence-electron chi connectivity index (χ4n) is 1.39. The first-order valence-electron chi connectivity index (χ1n) is 5.46. The fraction of sp³-hybridized carbons (Fsp3) is 0.500. The molecule has 1 atom stereocenters. The summed E-state index contributed by atoms with van der Waals surface area (Å²) in [6, 6.07) is 0.372. The van der Waals surface area contributed by atoms with Crippen LogP contribution >= 0.6 is 0 Å². The molecule has 0 fully saturated rings. The van der Waals surface area contributed by atoms with Crippen LogP contribution in [0.5, 0.6) is 0 Å². The van der Waals surface area contributed by atoms with Crippen LogP contribution in [0.4, 0.5) is 0 Å². The van der Waals surface area contributed by atoms with E-state index < -0.39 is 27.8 Å². The zero-order valence-electron chi connectivity index (χ0n) is 10.3. The summed E-state index contributed by atoms with van der Waals surface area (Å²) in [5, 5.41) is 17.4. The summed E-state index contributed by atoms with van der Waals surface area (Å²) in [6.07, 6.45) is 2.28. The molecule has 1 rings (SSSR count). The first-order chi connectivity index (χ1) is 8.78. The van der Waals surface area contributed by atoms with Crippen molar-refractivity contribution in [2.24, 2.45) is 0 Å². The average Bonchev–Trinajstić information content (AvgIpc) is 2.75. The van der Waals surface area contributed by atoms with Gasteiger partial charge in [0.15, 0.2) is 0 Å². The quantitative estimate of drug-likeness (QED) is 0.587. The summed E-state index contributed by atoms with van der Waals surface area (Å²) < 4.78 is 22.0. The van der Waals surface area contributed by atoms with Gasteiger partial charge in [-0.3, -0.25) is 9.89 Å². The molecule has 3 N–H and O–H groups in total. The maximum Gasteiger partial charge on any atom is 0.326 e. The van der Waals surface area contributed by atoms with Crippen LogP contribution in [0.15, 0.2) is 12.3 Å². The Balaban J connectivity index is 2.53. The van der Waals surface area contributed by atoms with Crippen LogP contribution in [0.3, 0.4) is 0 Å². The lowest BCUT2D eigenvalue weighted by Gasteiger charge is -2.13. The van der Waals surface area contributed by atoms with Gasteiger partial charge in [-0.05, 0) is 12.5 Å². The summed E-state index contributed by atoms with van der Waals surface area (Å²) in [6.45, 7) is 0. The first-order valence-corrected chi connectivity index (χ1v) is 7.52. The maximum absolute atomic E-state index is 11.6. The molecule has 0 saturated carbocycles. The van der Waals surface area contributed by atoms with E-state index in [1.165, 1.54) is 6.20 Å². The lowest BCUT2D eigenvalue weighted by molar-refractivity contribution is -0.141. The lowest BCUT2D eigenvalue weighted by Crippen LogP contribution is -2.42. The van der Waals surface area contributed by atoms with Gasteiger partial charge >= 0.3 is 5.97 Å². The molecule has 0 spiro atoms. The number of aliphatic carboxylic acids is 1. The molecule has 1 unspecified atom stereocenters. The van der Waals surface area contributed by atoms with Crippen LogP contribution < -0.4 is 5.32 Å². The van der Waals surface area contributed by atoms with Crippen molar-refractivity contribution in [3.05, 3.63) is 18.0 Å². The van der Waals surface area contributed by atoms with Crippen LogP contribution in [-0.2, 0) is 25.8 Å². The fourth-order valence-corrected chi connectivity index (χ4v) is 2.05. The van der Waals surface area contributed by atoms with E-state index >= 15 is 0 Å². The number of carbonyl (C=O) groups is 2. The number of sulfone groups is 1. The van der Waals surface area contributed by atoms with Crippen molar-refractivity contribution in [1.29, 1.82) is 0 Å². The van der Waals surface area contributed by atoms with Crippen LogP contribution in [0.25, 0.3) is 0 Å². The first kappa shape index (κ1) is 15.2. The Hall–Kier alpha value is -1.90. The van der Waals surface area contributed by atoms with Crippen molar-refractivity contribution in [2.75, 3.05) is 12.0 Å². The number of carbonyl (C=O) groups excluding carboxylic acids is 1. The number of carboxylic acid groups (broad SMARTS) is 1. The number of hydrogen-bond acceptors (Lipinski definition) is 5. The molecular formula is C10H15N3O5S. The van der Waals surface area contributed by atoms with E-state index in [1.807, 2.05) is 0 Å². The van der Waals surface area contributed by atoms with Crippen molar-refractivity contribution in [3.8, 4) is 0 Å². The number of H-pyrrole nitrogens is 1. The third-order valence-electron chi connectivity index (χ3n) is 2.32. The monoisotopic (exact) mass is 289 g/mol. The Morgan fingerprint density at radius 2 is 2.21 bits per heavy atom. The summed E-state index contributed by atoms with van der Waals surface area (Å²) in [7, 11) is -3.27. The van der Waals surface area contributed by atoms with Crippen LogP contribution in [0.1, 0.15) is 12.1 Å². The van der Waals surface area contributed by atoms with Crippen LogP contribution in [-0.4, -0.2) is 53.6 Å². The van der Waals surface area contributed by atoms with Gasteiger partial charge in [-0.25, -0.2) is 13.2 Å². The van der Waals surface area contributed by atoms with E-state index in [9.17, 15) is 18.0 Å². The zero-order chi connectivity index (χ0) is 14.5. The number of aromatic nitrogens is 2. The normalized spacial score (nSPS) is 12.9. The van der Waals surface area contributed by atoms with E-state index in [2.05, 4.69) is 15.5 Å². The van der Waals surface area contributed by atoms with Crippen molar-refractivity contribution in [2.45, 2.75) is 18.9 Å². The van der Waals surface area contributed by atoms with E-state index in [0.29, 0.717) is 5.69 Å². The molecule has 1 aromatic heterocycles. The highest BCUT2D eigenvalue weighted by atomic mass is 32.2.